The minimum absolute atomic E-state index is 0.918. The van der Waals surface area contributed by atoms with Crippen molar-refractivity contribution in [3.05, 3.63) is 23.3 Å². The summed E-state index contributed by atoms with van der Waals surface area (Å²) in [5.41, 5.74) is 2.14. The Morgan fingerprint density at radius 2 is 2.44 bits per heavy atom. The van der Waals surface area contributed by atoms with Crippen LogP contribution in [0.2, 0.25) is 0 Å². The van der Waals surface area contributed by atoms with Crippen molar-refractivity contribution in [1.82, 2.24) is 0 Å². The van der Waals surface area contributed by atoms with E-state index < -0.39 is 0 Å². The van der Waals surface area contributed by atoms with Crippen LogP contribution < -0.4 is 0 Å². The summed E-state index contributed by atoms with van der Waals surface area (Å²) in [7, 11) is 0. The van der Waals surface area contributed by atoms with Crippen LogP contribution in [0.1, 0.15) is 19.8 Å². The quantitative estimate of drug-likeness (QED) is 0.485. The molecule has 48 valence electrons. The van der Waals surface area contributed by atoms with Gasteiger partial charge in [-0.3, -0.25) is 4.79 Å². The highest BCUT2D eigenvalue weighted by molar-refractivity contribution is 5.74. The lowest BCUT2D eigenvalue weighted by Crippen LogP contribution is -1.90. The predicted octanol–water partition coefficient (Wildman–Crippen LogP) is 1.85. The van der Waals surface area contributed by atoms with Gasteiger partial charge in [-0.1, -0.05) is 17.7 Å². The number of aldehydes is 1. The molecule has 0 spiro atoms. The monoisotopic (exact) mass is 122 g/mol. The third-order valence-electron chi connectivity index (χ3n) is 1.46. The standard InChI is InChI=1S/C8H10O/c1-7-3-2-4-8(5-7)6-9/h3,5-6H,2,4H2,1H3. The third kappa shape index (κ3) is 1.53. The Labute approximate surface area is 55.1 Å². The van der Waals surface area contributed by atoms with E-state index in [0.717, 1.165) is 24.7 Å². The summed E-state index contributed by atoms with van der Waals surface area (Å²) in [5, 5.41) is 0. The molecule has 0 radical (unpaired) electrons. The summed E-state index contributed by atoms with van der Waals surface area (Å²) >= 11 is 0. The van der Waals surface area contributed by atoms with Crippen molar-refractivity contribution in [3.63, 3.8) is 0 Å². The maximum atomic E-state index is 10.2. The highest BCUT2D eigenvalue weighted by atomic mass is 16.1. The van der Waals surface area contributed by atoms with Gasteiger partial charge in [-0.15, -0.1) is 0 Å². The van der Waals surface area contributed by atoms with Crippen molar-refractivity contribution in [2.45, 2.75) is 19.8 Å². The Balaban J connectivity index is 2.74. The van der Waals surface area contributed by atoms with E-state index >= 15 is 0 Å². The lowest BCUT2D eigenvalue weighted by atomic mass is 10.0. The van der Waals surface area contributed by atoms with Gasteiger partial charge in [0.2, 0.25) is 0 Å². The first-order valence-corrected chi connectivity index (χ1v) is 3.15. The summed E-state index contributed by atoms with van der Waals surface area (Å²) in [6.07, 6.45) is 6.97. The van der Waals surface area contributed by atoms with Crippen LogP contribution in [0.15, 0.2) is 23.3 Å². The zero-order valence-corrected chi connectivity index (χ0v) is 5.55. The smallest absolute Gasteiger partial charge is 0.146 e. The van der Waals surface area contributed by atoms with E-state index in [-0.39, 0.29) is 0 Å². The van der Waals surface area contributed by atoms with Crippen LogP contribution in [0.5, 0.6) is 0 Å². The average molecular weight is 122 g/mol. The molecular formula is C8H10O. The zero-order valence-electron chi connectivity index (χ0n) is 5.55. The van der Waals surface area contributed by atoms with Crippen molar-refractivity contribution in [1.29, 1.82) is 0 Å². The van der Waals surface area contributed by atoms with Crippen LogP contribution in [0.25, 0.3) is 0 Å². The van der Waals surface area contributed by atoms with Crippen LogP contribution in [0.4, 0.5) is 0 Å². The molecule has 0 amide bonds. The van der Waals surface area contributed by atoms with Crippen LogP contribution >= 0.6 is 0 Å². The van der Waals surface area contributed by atoms with Gasteiger partial charge in [0.25, 0.3) is 0 Å². The molecule has 0 heterocycles. The Kier molecular flexibility index (Phi) is 1.83. The van der Waals surface area contributed by atoms with Crippen molar-refractivity contribution >= 4 is 6.29 Å². The van der Waals surface area contributed by atoms with Gasteiger partial charge in [-0.2, -0.15) is 0 Å². The Morgan fingerprint density at radius 3 is 2.89 bits per heavy atom. The lowest BCUT2D eigenvalue weighted by Gasteiger charge is -2.03. The van der Waals surface area contributed by atoms with E-state index in [0.29, 0.717) is 0 Å². The summed E-state index contributed by atoms with van der Waals surface area (Å²) < 4.78 is 0. The van der Waals surface area contributed by atoms with Crippen LogP contribution in [-0.2, 0) is 4.79 Å². The fraction of sp³-hybridized carbons (Fsp3) is 0.375. The second-order valence-corrected chi connectivity index (χ2v) is 2.32. The molecule has 0 atom stereocenters. The van der Waals surface area contributed by atoms with E-state index in [1.165, 1.54) is 5.57 Å². The first kappa shape index (κ1) is 6.27. The van der Waals surface area contributed by atoms with Crippen molar-refractivity contribution < 1.29 is 4.79 Å². The normalized spacial score (nSPS) is 18.3. The maximum absolute atomic E-state index is 10.2. The maximum Gasteiger partial charge on any atom is 0.146 e. The molecule has 0 bridgehead atoms. The molecule has 0 aliphatic heterocycles. The summed E-state index contributed by atoms with van der Waals surface area (Å²) in [4.78, 5) is 10.2. The number of allylic oxidation sites excluding steroid dienone is 4. The molecule has 0 aromatic rings. The molecule has 0 N–H and O–H groups in total. The number of hydrogen-bond acceptors (Lipinski definition) is 1. The second kappa shape index (κ2) is 2.62. The highest BCUT2D eigenvalue weighted by Crippen LogP contribution is 2.14. The number of hydrogen-bond donors (Lipinski definition) is 0. The molecule has 0 aromatic carbocycles. The highest BCUT2D eigenvalue weighted by Gasteiger charge is 1.99. The third-order valence-corrected chi connectivity index (χ3v) is 1.46. The topological polar surface area (TPSA) is 17.1 Å². The SMILES string of the molecule is CC1=CCCC(C=O)=C1. The predicted molar refractivity (Wildman–Crippen MR) is 37.1 cm³/mol. The van der Waals surface area contributed by atoms with Gasteiger partial charge >= 0.3 is 0 Å². The molecule has 1 nitrogen and oxygen atoms in total. The van der Waals surface area contributed by atoms with E-state index in [2.05, 4.69) is 6.08 Å². The molecule has 0 saturated carbocycles. The van der Waals surface area contributed by atoms with E-state index in [1.54, 1.807) is 0 Å². The first-order chi connectivity index (χ1) is 4.33. The van der Waals surface area contributed by atoms with Crippen molar-refractivity contribution in [2.24, 2.45) is 0 Å². The van der Waals surface area contributed by atoms with Gasteiger partial charge in [0.05, 0.1) is 0 Å². The Morgan fingerprint density at radius 1 is 1.67 bits per heavy atom. The molecular weight excluding hydrogens is 112 g/mol. The van der Waals surface area contributed by atoms with Gasteiger partial charge < -0.3 is 0 Å². The summed E-state index contributed by atoms with van der Waals surface area (Å²) in [6.45, 7) is 2.02. The van der Waals surface area contributed by atoms with Gasteiger partial charge in [0.1, 0.15) is 6.29 Å². The van der Waals surface area contributed by atoms with Crippen LogP contribution in [0, 0.1) is 0 Å². The Bertz CT molecular complexity index is 175. The number of rotatable bonds is 1. The zero-order chi connectivity index (χ0) is 6.69. The van der Waals surface area contributed by atoms with E-state index in [9.17, 15) is 4.79 Å². The fourth-order valence-electron chi connectivity index (χ4n) is 0.983. The molecule has 1 heteroatoms. The fourth-order valence-corrected chi connectivity index (χ4v) is 0.983. The molecule has 0 saturated heterocycles. The molecule has 1 aliphatic rings. The first-order valence-electron chi connectivity index (χ1n) is 3.15. The molecule has 0 unspecified atom stereocenters. The molecule has 0 fully saturated rings. The molecule has 0 aromatic heterocycles. The lowest BCUT2D eigenvalue weighted by molar-refractivity contribution is -0.105. The molecule has 1 rings (SSSR count). The summed E-state index contributed by atoms with van der Waals surface area (Å²) in [5.74, 6) is 0. The van der Waals surface area contributed by atoms with Crippen molar-refractivity contribution in [3.8, 4) is 0 Å². The minimum Gasteiger partial charge on any atom is -0.298 e. The number of carbonyl (C=O) groups is 1. The van der Waals surface area contributed by atoms with E-state index in [4.69, 9.17) is 0 Å². The van der Waals surface area contributed by atoms with Crippen LogP contribution in [0.3, 0.4) is 0 Å². The van der Waals surface area contributed by atoms with E-state index in [1.807, 2.05) is 13.0 Å². The van der Waals surface area contributed by atoms with Crippen molar-refractivity contribution in [2.75, 3.05) is 0 Å². The Hall–Kier alpha value is -0.850. The average Bonchev–Trinajstić information content (AvgIpc) is 1.88. The largest absolute Gasteiger partial charge is 0.298 e. The molecule has 9 heavy (non-hydrogen) atoms. The number of carbonyl (C=O) groups excluding carboxylic acids is 1. The van der Waals surface area contributed by atoms with Gasteiger partial charge in [-0.05, 0) is 25.3 Å². The van der Waals surface area contributed by atoms with Gasteiger partial charge in [-0.25, -0.2) is 0 Å². The minimum atomic E-state index is 0.918. The van der Waals surface area contributed by atoms with Gasteiger partial charge in [0, 0.05) is 0 Å². The second-order valence-electron chi connectivity index (χ2n) is 2.32. The van der Waals surface area contributed by atoms with Gasteiger partial charge in [0.15, 0.2) is 0 Å². The molecule has 1 aliphatic carbocycles. The summed E-state index contributed by atoms with van der Waals surface area (Å²) in [6, 6.07) is 0. The van der Waals surface area contributed by atoms with Crippen LogP contribution in [-0.4, -0.2) is 6.29 Å².